The van der Waals surface area contributed by atoms with Crippen LogP contribution >= 0.6 is 0 Å². The minimum atomic E-state index is -2.78. The molecule has 0 saturated heterocycles. The maximum absolute atomic E-state index is 11.1. The van der Waals surface area contributed by atoms with Crippen LogP contribution in [0.4, 0.5) is 0 Å². The van der Waals surface area contributed by atoms with Gasteiger partial charge in [0.2, 0.25) is 0 Å². The largest absolute Gasteiger partial charge is 0.313 e. The summed E-state index contributed by atoms with van der Waals surface area (Å²) < 4.78 is 22.2. The fourth-order valence-corrected chi connectivity index (χ4v) is 2.35. The minimum absolute atomic E-state index is 0.260. The van der Waals surface area contributed by atoms with Crippen molar-refractivity contribution in [1.82, 2.24) is 5.32 Å². The van der Waals surface area contributed by atoms with Crippen molar-refractivity contribution in [1.29, 1.82) is 0 Å². The van der Waals surface area contributed by atoms with Crippen LogP contribution in [0.25, 0.3) is 0 Å². The van der Waals surface area contributed by atoms with Crippen LogP contribution in [0, 0.1) is 5.92 Å². The molecule has 0 spiro atoms. The summed E-state index contributed by atoms with van der Waals surface area (Å²) in [6.45, 7) is 4.54. The molecule has 78 valence electrons. The van der Waals surface area contributed by atoms with Gasteiger partial charge in [0.25, 0.3) is 0 Å². The summed E-state index contributed by atoms with van der Waals surface area (Å²) in [5.74, 6) is 1.37. The Kier molecular flexibility index (Phi) is 3.74. The highest BCUT2D eigenvalue weighted by molar-refractivity contribution is 7.91. The Labute approximate surface area is 80.8 Å². The Bertz CT molecular complexity index is 242. The lowest BCUT2D eigenvalue weighted by Gasteiger charge is -2.33. The van der Waals surface area contributed by atoms with Crippen molar-refractivity contribution in [3.8, 4) is 0 Å². The van der Waals surface area contributed by atoms with Gasteiger partial charge in [-0.2, -0.15) is 0 Å². The fourth-order valence-electron chi connectivity index (χ4n) is 1.63. The predicted octanol–water partition coefficient (Wildman–Crippen LogP) is 0.809. The molecule has 13 heavy (non-hydrogen) atoms. The zero-order chi connectivity index (χ0) is 9.90. The molecule has 1 N–H and O–H groups in total. The van der Waals surface area contributed by atoms with Crippen LogP contribution in [0.2, 0.25) is 0 Å². The van der Waals surface area contributed by atoms with Gasteiger partial charge in [0.15, 0.2) is 9.84 Å². The third-order valence-electron chi connectivity index (χ3n) is 2.66. The Balaban J connectivity index is 2.08. The lowest BCUT2D eigenvalue weighted by molar-refractivity contribution is 0.245. The maximum atomic E-state index is 11.1. The molecule has 0 atom stereocenters. The van der Waals surface area contributed by atoms with E-state index < -0.39 is 9.84 Å². The first-order valence-electron chi connectivity index (χ1n) is 4.97. The van der Waals surface area contributed by atoms with Crippen molar-refractivity contribution in [2.75, 3.05) is 18.1 Å². The molecular formula is C9H19NO2S. The van der Waals surface area contributed by atoms with Crippen LogP contribution in [-0.4, -0.2) is 32.5 Å². The summed E-state index contributed by atoms with van der Waals surface area (Å²) >= 11 is 0. The lowest BCUT2D eigenvalue weighted by Crippen LogP contribution is -2.42. The van der Waals surface area contributed by atoms with Crippen molar-refractivity contribution >= 4 is 9.84 Å². The molecule has 1 aliphatic carbocycles. The summed E-state index contributed by atoms with van der Waals surface area (Å²) in [7, 11) is -2.78. The molecule has 0 radical (unpaired) electrons. The molecule has 0 bridgehead atoms. The molecule has 0 aromatic carbocycles. The van der Waals surface area contributed by atoms with Gasteiger partial charge in [0, 0.05) is 18.3 Å². The molecule has 0 heterocycles. The fraction of sp³-hybridized carbons (Fsp3) is 1.00. The molecule has 1 rings (SSSR count). The van der Waals surface area contributed by atoms with E-state index in [1.807, 2.05) is 0 Å². The molecule has 0 aromatic rings. The van der Waals surface area contributed by atoms with Crippen LogP contribution in [-0.2, 0) is 9.84 Å². The third kappa shape index (κ3) is 3.65. The highest BCUT2D eigenvalue weighted by Gasteiger charge is 2.24. The summed E-state index contributed by atoms with van der Waals surface area (Å²) in [6.07, 6.45) is 2.40. The summed E-state index contributed by atoms with van der Waals surface area (Å²) in [5.41, 5.74) is 0. The topological polar surface area (TPSA) is 46.2 Å². The Morgan fingerprint density at radius 1 is 1.38 bits per heavy atom. The molecule has 3 nitrogen and oxygen atoms in total. The highest BCUT2D eigenvalue weighted by atomic mass is 32.2. The molecule has 4 heteroatoms. The first-order chi connectivity index (χ1) is 6.03. The van der Waals surface area contributed by atoms with E-state index in [1.54, 1.807) is 6.92 Å². The van der Waals surface area contributed by atoms with Gasteiger partial charge in [0.05, 0.1) is 5.75 Å². The van der Waals surface area contributed by atoms with E-state index in [0.29, 0.717) is 12.6 Å². The second-order valence-corrected chi connectivity index (χ2v) is 6.44. The average Bonchev–Trinajstić information content (AvgIpc) is 2.01. The van der Waals surface area contributed by atoms with E-state index in [0.717, 1.165) is 5.92 Å². The van der Waals surface area contributed by atoms with Gasteiger partial charge in [-0.05, 0) is 18.8 Å². The normalized spacial score (nSPS) is 28.5. The zero-order valence-corrected chi connectivity index (χ0v) is 9.23. The summed E-state index contributed by atoms with van der Waals surface area (Å²) in [5, 5.41) is 3.26. The number of sulfone groups is 1. The van der Waals surface area contributed by atoms with Crippen LogP contribution in [0.1, 0.15) is 26.7 Å². The summed E-state index contributed by atoms with van der Waals surface area (Å²) in [6, 6.07) is 0.571. The van der Waals surface area contributed by atoms with Crippen molar-refractivity contribution in [2.45, 2.75) is 32.7 Å². The molecule has 0 unspecified atom stereocenters. The van der Waals surface area contributed by atoms with E-state index in [9.17, 15) is 8.42 Å². The monoisotopic (exact) mass is 205 g/mol. The van der Waals surface area contributed by atoms with Crippen LogP contribution in [0.3, 0.4) is 0 Å². The van der Waals surface area contributed by atoms with Crippen molar-refractivity contribution < 1.29 is 8.42 Å². The van der Waals surface area contributed by atoms with Gasteiger partial charge in [-0.3, -0.25) is 0 Å². The maximum Gasteiger partial charge on any atom is 0.151 e. The zero-order valence-electron chi connectivity index (χ0n) is 8.41. The van der Waals surface area contributed by atoms with Gasteiger partial charge >= 0.3 is 0 Å². The van der Waals surface area contributed by atoms with Crippen molar-refractivity contribution in [2.24, 2.45) is 5.92 Å². The molecule has 1 saturated carbocycles. The smallest absolute Gasteiger partial charge is 0.151 e. The minimum Gasteiger partial charge on any atom is -0.313 e. The van der Waals surface area contributed by atoms with Crippen LogP contribution in [0.5, 0.6) is 0 Å². The Morgan fingerprint density at radius 2 is 2.00 bits per heavy atom. The number of hydrogen-bond acceptors (Lipinski definition) is 3. The van der Waals surface area contributed by atoms with Gasteiger partial charge in [-0.15, -0.1) is 0 Å². The number of hydrogen-bond donors (Lipinski definition) is 1. The molecule has 1 fully saturated rings. The number of rotatable bonds is 5. The second-order valence-electron chi connectivity index (χ2n) is 3.96. The van der Waals surface area contributed by atoms with Crippen LogP contribution in [0.15, 0.2) is 0 Å². The highest BCUT2D eigenvalue weighted by Crippen LogP contribution is 2.25. The van der Waals surface area contributed by atoms with E-state index in [1.165, 1.54) is 12.8 Å². The van der Waals surface area contributed by atoms with Gasteiger partial charge in [-0.1, -0.05) is 13.8 Å². The van der Waals surface area contributed by atoms with E-state index in [4.69, 9.17) is 0 Å². The van der Waals surface area contributed by atoms with Gasteiger partial charge in [-0.25, -0.2) is 8.42 Å². The third-order valence-corrected chi connectivity index (χ3v) is 4.37. The quantitative estimate of drug-likeness (QED) is 0.722. The Morgan fingerprint density at radius 3 is 2.46 bits per heavy atom. The molecule has 0 amide bonds. The Hall–Kier alpha value is -0.0900. The molecule has 0 aromatic heterocycles. The first-order valence-corrected chi connectivity index (χ1v) is 6.79. The first kappa shape index (κ1) is 11.0. The van der Waals surface area contributed by atoms with Crippen molar-refractivity contribution in [3.05, 3.63) is 0 Å². The van der Waals surface area contributed by atoms with Gasteiger partial charge < -0.3 is 5.32 Å². The molecular weight excluding hydrogens is 186 g/mol. The number of nitrogens with one attached hydrogen (secondary N) is 1. The lowest BCUT2D eigenvalue weighted by atomic mass is 9.82. The summed E-state index contributed by atoms with van der Waals surface area (Å²) in [4.78, 5) is 0. The van der Waals surface area contributed by atoms with Gasteiger partial charge in [0.1, 0.15) is 0 Å². The molecule has 0 aliphatic heterocycles. The SMILES string of the molecule is CCS(=O)(=O)CCNC1CC(C)C1. The predicted molar refractivity (Wildman–Crippen MR) is 54.5 cm³/mol. The van der Waals surface area contributed by atoms with E-state index in [2.05, 4.69) is 12.2 Å². The van der Waals surface area contributed by atoms with E-state index >= 15 is 0 Å². The standard InChI is InChI=1S/C9H19NO2S/c1-3-13(11,12)5-4-10-9-6-8(2)7-9/h8-10H,3-7H2,1-2H3. The second kappa shape index (κ2) is 4.42. The van der Waals surface area contributed by atoms with Crippen LogP contribution < -0.4 is 5.32 Å². The average molecular weight is 205 g/mol. The molecule has 1 aliphatic rings. The van der Waals surface area contributed by atoms with E-state index in [-0.39, 0.29) is 11.5 Å². The van der Waals surface area contributed by atoms with Crippen molar-refractivity contribution in [3.63, 3.8) is 0 Å².